The normalized spacial score (nSPS) is 9.13. The molecule has 1 nitrogen and oxygen atoms in total. The van der Waals surface area contributed by atoms with E-state index >= 15 is 0 Å². The van der Waals surface area contributed by atoms with E-state index in [2.05, 4.69) is 11.8 Å². The van der Waals surface area contributed by atoms with E-state index < -0.39 is 0 Å². The van der Waals surface area contributed by atoms with Gasteiger partial charge in [-0.2, -0.15) is 0 Å². The van der Waals surface area contributed by atoms with E-state index in [-0.39, 0.29) is 5.78 Å². The summed E-state index contributed by atoms with van der Waals surface area (Å²) < 4.78 is 0. The second kappa shape index (κ2) is 7.09. The van der Waals surface area contributed by atoms with Crippen molar-refractivity contribution in [3.63, 3.8) is 0 Å². The Labute approximate surface area is 95.5 Å². The zero-order valence-electron chi connectivity index (χ0n) is 8.50. The zero-order chi connectivity index (χ0) is 10.9. The Hall–Kier alpha value is -1.26. The number of halogens is 1. The topological polar surface area (TPSA) is 17.1 Å². The summed E-state index contributed by atoms with van der Waals surface area (Å²) in [7, 11) is 0. The van der Waals surface area contributed by atoms with Gasteiger partial charge in [0, 0.05) is 17.9 Å². The summed E-state index contributed by atoms with van der Waals surface area (Å²) in [5.41, 5.74) is 0.726. The first-order valence-electron chi connectivity index (χ1n) is 4.94. The molecule has 0 fully saturated rings. The molecule has 0 aliphatic heterocycles. The second-order valence-corrected chi connectivity index (χ2v) is 3.49. The Morgan fingerprint density at radius 2 is 1.93 bits per heavy atom. The van der Waals surface area contributed by atoms with Gasteiger partial charge in [-0.25, -0.2) is 0 Å². The van der Waals surface area contributed by atoms with Gasteiger partial charge in [0.2, 0.25) is 0 Å². The molecule has 2 heteroatoms. The molecule has 0 saturated heterocycles. The van der Waals surface area contributed by atoms with Crippen LogP contribution in [0, 0.1) is 11.8 Å². The van der Waals surface area contributed by atoms with Crippen LogP contribution in [0.15, 0.2) is 30.3 Å². The molecule has 0 heterocycles. The van der Waals surface area contributed by atoms with Gasteiger partial charge in [0.1, 0.15) is 0 Å². The van der Waals surface area contributed by atoms with E-state index in [0.717, 1.165) is 18.4 Å². The number of rotatable bonds is 4. The van der Waals surface area contributed by atoms with Crippen LogP contribution in [0.25, 0.3) is 0 Å². The third-order valence-corrected chi connectivity index (χ3v) is 2.17. The lowest BCUT2D eigenvalue weighted by Gasteiger charge is -1.94. The summed E-state index contributed by atoms with van der Waals surface area (Å²) >= 11 is 5.50. The molecule has 0 atom stereocenters. The lowest BCUT2D eigenvalue weighted by molar-refractivity contribution is 0.0998. The maximum Gasteiger partial charge on any atom is 0.174 e. The highest BCUT2D eigenvalue weighted by atomic mass is 35.5. The highest BCUT2D eigenvalue weighted by Gasteiger charge is 2.00. The number of ketones is 1. The molecule has 15 heavy (non-hydrogen) atoms. The van der Waals surface area contributed by atoms with Crippen LogP contribution in [-0.4, -0.2) is 11.7 Å². The molecular weight excluding hydrogens is 208 g/mol. The van der Waals surface area contributed by atoms with Gasteiger partial charge >= 0.3 is 0 Å². The van der Waals surface area contributed by atoms with Crippen molar-refractivity contribution in [2.24, 2.45) is 0 Å². The van der Waals surface area contributed by atoms with Crippen LogP contribution in [-0.2, 0) is 0 Å². The standard InChI is InChI=1S/C13H13ClO/c14-11-7-2-1-6-10-13(15)12-8-4-3-5-9-12/h3-5,8-9H,2,7,10-11H2. The summed E-state index contributed by atoms with van der Waals surface area (Å²) in [5.74, 6) is 6.50. The molecule has 0 amide bonds. The number of unbranched alkanes of at least 4 members (excludes halogenated alkanes) is 1. The van der Waals surface area contributed by atoms with E-state index in [1.54, 1.807) is 0 Å². The average Bonchev–Trinajstić information content (AvgIpc) is 2.30. The molecule has 0 bridgehead atoms. The number of alkyl halides is 1. The Balaban J connectivity index is 2.39. The predicted molar refractivity (Wildman–Crippen MR) is 63.1 cm³/mol. The number of Topliss-reactive ketones (excluding diaryl/α,β-unsaturated/α-hetero) is 1. The molecule has 0 aromatic heterocycles. The molecule has 0 N–H and O–H groups in total. The van der Waals surface area contributed by atoms with Crippen molar-refractivity contribution in [3.8, 4) is 11.8 Å². The highest BCUT2D eigenvalue weighted by molar-refractivity contribution is 6.17. The van der Waals surface area contributed by atoms with Gasteiger partial charge < -0.3 is 0 Å². The van der Waals surface area contributed by atoms with Crippen molar-refractivity contribution in [3.05, 3.63) is 35.9 Å². The third kappa shape index (κ3) is 4.67. The predicted octanol–water partition coefficient (Wildman–Crippen LogP) is 3.28. The van der Waals surface area contributed by atoms with Crippen LogP contribution < -0.4 is 0 Å². The van der Waals surface area contributed by atoms with Crippen molar-refractivity contribution in [1.29, 1.82) is 0 Å². The molecular formula is C13H13ClO. The monoisotopic (exact) mass is 220 g/mol. The molecule has 1 aromatic rings. The van der Waals surface area contributed by atoms with E-state index in [9.17, 15) is 4.79 Å². The second-order valence-electron chi connectivity index (χ2n) is 3.11. The molecule has 78 valence electrons. The number of carbonyl (C=O) groups is 1. The van der Waals surface area contributed by atoms with E-state index in [1.807, 2.05) is 30.3 Å². The minimum atomic E-state index is 0.0778. The Morgan fingerprint density at radius 3 is 2.60 bits per heavy atom. The van der Waals surface area contributed by atoms with Crippen molar-refractivity contribution in [1.82, 2.24) is 0 Å². The Morgan fingerprint density at radius 1 is 1.20 bits per heavy atom. The molecule has 0 aliphatic carbocycles. The fourth-order valence-corrected chi connectivity index (χ4v) is 1.25. The first kappa shape index (κ1) is 11.8. The van der Waals surface area contributed by atoms with Crippen LogP contribution >= 0.6 is 11.6 Å². The van der Waals surface area contributed by atoms with Gasteiger partial charge in [0.05, 0.1) is 6.42 Å². The zero-order valence-corrected chi connectivity index (χ0v) is 9.26. The number of carbonyl (C=O) groups excluding carboxylic acids is 1. The summed E-state index contributed by atoms with van der Waals surface area (Å²) in [6.07, 6.45) is 1.95. The van der Waals surface area contributed by atoms with Gasteiger partial charge in [0.15, 0.2) is 5.78 Å². The maximum absolute atomic E-state index is 11.5. The van der Waals surface area contributed by atoms with E-state index in [1.165, 1.54) is 0 Å². The number of benzene rings is 1. The smallest absolute Gasteiger partial charge is 0.174 e. The maximum atomic E-state index is 11.5. The molecule has 1 aromatic carbocycles. The fourth-order valence-electron chi connectivity index (χ4n) is 1.11. The lowest BCUT2D eigenvalue weighted by Crippen LogP contribution is -1.96. The van der Waals surface area contributed by atoms with E-state index in [0.29, 0.717) is 12.3 Å². The van der Waals surface area contributed by atoms with Crippen molar-refractivity contribution < 1.29 is 4.79 Å². The summed E-state index contributed by atoms with van der Waals surface area (Å²) in [4.78, 5) is 11.5. The molecule has 0 saturated carbocycles. The van der Waals surface area contributed by atoms with Crippen molar-refractivity contribution in [2.45, 2.75) is 19.3 Å². The molecule has 0 aliphatic rings. The van der Waals surface area contributed by atoms with Crippen molar-refractivity contribution in [2.75, 3.05) is 5.88 Å². The molecule has 0 unspecified atom stereocenters. The first-order chi connectivity index (χ1) is 7.34. The largest absolute Gasteiger partial charge is 0.293 e. The minimum absolute atomic E-state index is 0.0778. The molecule has 1 rings (SSSR count). The number of hydrogen-bond donors (Lipinski definition) is 0. The van der Waals surface area contributed by atoms with Crippen molar-refractivity contribution >= 4 is 17.4 Å². The SMILES string of the molecule is O=C(CC#CCCCCl)c1ccccc1. The highest BCUT2D eigenvalue weighted by Crippen LogP contribution is 2.02. The quantitative estimate of drug-likeness (QED) is 0.329. The summed E-state index contributed by atoms with van der Waals surface area (Å²) in [5, 5.41) is 0. The van der Waals surface area contributed by atoms with Crippen LogP contribution in [0.2, 0.25) is 0 Å². The fraction of sp³-hybridized carbons (Fsp3) is 0.308. The van der Waals surface area contributed by atoms with Crippen LogP contribution in [0.1, 0.15) is 29.6 Å². The van der Waals surface area contributed by atoms with Crippen LogP contribution in [0.3, 0.4) is 0 Å². The Kier molecular flexibility index (Phi) is 5.58. The first-order valence-corrected chi connectivity index (χ1v) is 5.48. The summed E-state index contributed by atoms with van der Waals surface area (Å²) in [6, 6.07) is 9.22. The van der Waals surface area contributed by atoms with Gasteiger partial charge in [0.25, 0.3) is 0 Å². The average molecular weight is 221 g/mol. The lowest BCUT2D eigenvalue weighted by atomic mass is 10.1. The van der Waals surface area contributed by atoms with Gasteiger partial charge in [-0.15, -0.1) is 17.5 Å². The molecule has 0 spiro atoms. The van der Waals surface area contributed by atoms with Crippen LogP contribution in [0.5, 0.6) is 0 Å². The third-order valence-electron chi connectivity index (χ3n) is 1.91. The van der Waals surface area contributed by atoms with Gasteiger partial charge in [-0.3, -0.25) is 4.79 Å². The molecule has 0 radical (unpaired) electrons. The van der Waals surface area contributed by atoms with E-state index in [4.69, 9.17) is 11.6 Å². The van der Waals surface area contributed by atoms with Crippen LogP contribution in [0.4, 0.5) is 0 Å². The summed E-state index contributed by atoms with van der Waals surface area (Å²) in [6.45, 7) is 0. The van der Waals surface area contributed by atoms with Gasteiger partial charge in [-0.1, -0.05) is 36.3 Å². The Bertz CT molecular complexity index is 359. The minimum Gasteiger partial charge on any atom is -0.293 e. The number of hydrogen-bond acceptors (Lipinski definition) is 1. The van der Waals surface area contributed by atoms with Gasteiger partial charge in [-0.05, 0) is 6.42 Å².